The van der Waals surface area contributed by atoms with Gasteiger partial charge in [0.05, 0.1) is 5.69 Å². The number of aryl methyl sites for hydroxylation is 1. The van der Waals surface area contributed by atoms with E-state index in [1.54, 1.807) is 18.2 Å². The molecular weight excluding hydrogens is 392 g/mol. The van der Waals surface area contributed by atoms with Crippen LogP contribution in [0.1, 0.15) is 18.4 Å². The molecular formula is C17H15BrN2O3S. The number of ketones is 1. The standard InChI is InChI=1S/C17H15BrN2O3S/c18-13-8-2-1-6-12(13)7-5-10-15(21)17-19-14-9-3-4-11-16(14)24(22,23)20-17/h1-4,6,8-9,11H,5,7,10H2,(H,19,20). The number of hydrogen-bond donors (Lipinski definition) is 1. The van der Waals surface area contributed by atoms with Crippen LogP contribution in [-0.2, 0) is 21.2 Å². The van der Waals surface area contributed by atoms with E-state index in [0.29, 0.717) is 12.1 Å². The molecule has 3 rings (SSSR count). The van der Waals surface area contributed by atoms with Gasteiger partial charge in [-0.2, -0.15) is 8.42 Å². The molecule has 2 aromatic carbocycles. The molecule has 0 atom stereocenters. The van der Waals surface area contributed by atoms with Crippen molar-refractivity contribution in [1.82, 2.24) is 0 Å². The highest BCUT2D eigenvalue weighted by Crippen LogP contribution is 2.27. The van der Waals surface area contributed by atoms with Gasteiger partial charge < -0.3 is 5.32 Å². The zero-order chi connectivity index (χ0) is 17.2. The minimum Gasteiger partial charge on any atom is -0.335 e. The Kier molecular flexibility index (Phi) is 4.82. The summed E-state index contributed by atoms with van der Waals surface area (Å²) >= 11 is 3.47. The number of fused-ring (bicyclic) bond motifs is 1. The number of amidine groups is 1. The summed E-state index contributed by atoms with van der Waals surface area (Å²) in [6.45, 7) is 0. The molecule has 1 aliphatic heterocycles. The number of anilines is 1. The van der Waals surface area contributed by atoms with Crippen molar-refractivity contribution in [2.75, 3.05) is 5.32 Å². The summed E-state index contributed by atoms with van der Waals surface area (Å²) in [6.07, 6.45) is 1.57. The van der Waals surface area contributed by atoms with Crippen molar-refractivity contribution in [3.63, 3.8) is 0 Å². The average Bonchev–Trinajstić information content (AvgIpc) is 2.56. The molecule has 0 unspecified atom stereocenters. The van der Waals surface area contributed by atoms with Crippen molar-refractivity contribution in [2.45, 2.75) is 24.2 Å². The molecule has 0 bridgehead atoms. The van der Waals surface area contributed by atoms with Crippen LogP contribution in [0.25, 0.3) is 0 Å². The number of rotatable bonds is 5. The average molecular weight is 407 g/mol. The summed E-state index contributed by atoms with van der Waals surface area (Å²) in [6, 6.07) is 14.2. The van der Waals surface area contributed by atoms with Crippen LogP contribution in [0.15, 0.2) is 62.3 Å². The number of benzene rings is 2. The van der Waals surface area contributed by atoms with Crippen LogP contribution in [0.2, 0.25) is 0 Å². The van der Waals surface area contributed by atoms with Crippen molar-refractivity contribution in [2.24, 2.45) is 4.40 Å². The van der Waals surface area contributed by atoms with Gasteiger partial charge in [0.25, 0.3) is 10.0 Å². The smallest absolute Gasteiger partial charge is 0.286 e. The molecule has 24 heavy (non-hydrogen) atoms. The van der Waals surface area contributed by atoms with Crippen molar-refractivity contribution in [3.8, 4) is 0 Å². The van der Waals surface area contributed by atoms with Crippen LogP contribution in [0.5, 0.6) is 0 Å². The van der Waals surface area contributed by atoms with Gasteiger partial charge in [0.15, 0.2) is 11.6 Å². The predicted octanol–water partition coefficient (Wildman–Crippen LogP) is 3.55. The van der Waals surface area contributed by atoms with E-state index in [1.165, 1.54) is 6.07 Å². The Labute approximate surface area is 149 Å². The number of para-hydroxylation sites is 1. The first-order chi connectivity index (χ1) is 11.5. The van der Waals surface area contributed by atoms with Crippen LogP contribution in [-0.4, -0.2) is 20.0 Å². The first-order valence-corrected chi connectivity index (χ1v) is 9.68. The number of carbonyl (C=O) groups excluding carboxylic acids is 1. The second-order valence-corrected chi connectivity index (χ2v) is 7.83. The molecule has 124 valence electrons. The van der Waals surface area contributed by atoms with E-state index in [2.05, 4.69) is 25.6 Å². The molecule has 7 heteroatoms. The van der Waals surface area contributed by atoms with Gasteiger partial charge in [0.1, 0.15) is 4.90 Å². The summed E-state index contributed by atoms with van der Waals surface area (Å²) in [5.74, 6) is -0.416. The number of nitrogens with one attached hydrogen (secondary N) is 1. The summed E-state index contributed by atoms with van der Waals surface area (Å²) in [5, 5.41) is 2.82. The quantitative estimate of drug-likeness (QED) is 0.823. The Hall–Kier alpha value is -1.99. The number of Topliss-reactive ketones (excluding diaryl/α,β-unsaturated/α-hetero) is 1. The first-order valence-electron chi connectivity index (χ1n) is 7.45. The highest BCUT2D eigenvalue weighted by Gasteiger charge is 2.27. The maximum Gasteiger partial charge on any atom is 0.286 e. The molecule has 0 aromatic heterocycles. The Morgan fingerprint density at radius 1 is 1.08 bits per heavy atom. The molecule has 1 aliphatic rings. The van der Waals surface area contributed by atoms with Crippen molar-refractivity contribution in [1.29, 1.82) is 0 Å². The monoisotopic (exact) mass is 406 g/mol. The van der Waals surface area contributed by atoms with Crippen LogP contribution in [0, 0.1) is 0 Å². The van der Waals surface area contributed by atoms with E-state index < -0.39 is 10.0 Å². The van der Waals surface area contributed by atoms with Gasteiger partial charge in [-0.15, -0.1) is 4.40 Å². The maximum absolute atomic E-state index is 12.3. The fourth-order valence-electron chi connectivity index (χ4n) is 2.49. The summed E-state index contributed by atoms with van der Waals surface area (Å²) in [4.78, 5) is 12.4. The summed E-state index contributed by atoms with van der Waals surface area (Å²) in [7, 11) is -3.82. The second kappa shape index (κ2) is 6.86. The minimum absolute atomic E-state index is 0.0924. The lowest BCUT2D eigenvalue weighted by molar-refractivity contribution is -0.113. The zero-order valence-corrected chi connectivity index (χ0v) is 15.1. The molecule has 0 radical (unpaired) electrons. The van der Waals surface area contributed by atoms with Crippen LogP contribution < -0.4 is 5.32 Å². The normalized spacial score (nSPS) is 15.1. The molecule has 0 saturated heterocycles. The summed E-state index contributed by atoms with van der Waals surface area (Å²) in [5.41, 5.74) is 1.50. The third-order valence-corrected chi connectivity index (χ3v) is 5.81. The van der Waals surface area contributed by atoms with Gasteiger partial charge in [-0.3, -0.25) is 4.79 Å². The number of carbonyl (C=O) groups is 1. The van der Waals surface area contributed by atoms with E-state index in [9.17, 15) is 13.2 Å². The Bertz CT molecular complexity index is 923. The van der Waals surface area contributed by atoms with Crippen LogP contribution >= 0.6 is 15.9 Å². The highest BCUT2D eigenvalue weighted by atomic mass is 79.9. The molecule has 0 amide bonds. The van der Waals surface area contributed by atoms with E-state index >= 15 is 0 Å². The van der Waals surface area contributed by atoms with Gasteiger partial charge in [0, 0.05) is 10.9 Å². The molecule has 1 N–H and O–H groups in total. The topological polar surface area (TPSA) is 75.6 Å². The van der Waals surface area contributed by atoms with E-state index in [4.69, 9.17) is 0 Å². The fraction of sp³-hybridized carbons (Fsp3) is 0.176. The van der Waals surface area contributed by atoms with Gasteiger partial charge in [-0.1, -0.05) is 46.3 Å². The lowest BCUT2D eigenvalue weighted by Crippen LogP contribution is -2.28. The summed E-state index contributed by atoms with van der Waals surface area (Å²) < 4.78 is 28.9. The van der Waals surface area contributed by atoms with Crippen LogP contribution in [0.4, 0.5) is 5.69 Å². The minimum atomic E-state index is -3.82. The van der Waals surface area contributed by atoms with Crippen LogP contribution in [0.3, 0.4) is 0 Å². The Morgan fingerprint density at radius 2 is 1.79 bits per heavy atom. The molecule has 0 fully saturated rings. The number of sulfonamides is 1. The SMILES string of the molecule is O=C(CCCc1ccccc1Br)C1=NS(=O)(=O)c2ccccc2N1. The number of halogens is 1. The largest absolute Gasteiger partial charge is 0.335 e. The van der Waals surface area contributed by atoms with E-state index in [1.807, 2.05) is 24.3 Å². The predicted molar refractivity (Wildman–Crippen MR) is 96.8 cm³/mol. The van der Waals surface area contributed by atoms with E-state index in [0.717, 1.165) is 16.5 Å². The molecule has 0 saturated carbocycles. The lowest BCUT2D eigenvalue weighted by atomic mass is 10.1. The molecule has 2 aromatic rings. The highest BCUT2D eigenvalue weighted by molar-refractivity contribution is 9.10. The molecule has 5 nitrogen and oxygen atoms in total. The van der Waals surface area contributed by atoms with Gasteiger partial charge in [-0.25, -0.2) is 0 Å². The Balaban J connectivity index is 1.68. The fourth-order valence-corrected chi connectivity index (χ4v) is 4.11. The van der Waals surface area contributed by atoms with Crippen molar-refractivity contribution >= 4 is 43.3 Å². The first kappa shape index (κ1) is 16.9. The lowest BCUT2D eigenvalue weighted by Gasteiger charge is -2.17. The van der Waals surface area contributed by atoms with Crippen molar-refractivity contribution in [3.05, 3.63) is 58.6 Å². The number of nitrogens with zero attached hydrogens (tertiary/aromatic N) is 1. The molecule has 0 spiro atoms. The molecule has 1 heterocycles. The zero-order valence-electron chi connectivity index (χ0n) is 12.7. The second-order valence-electron chi connectivity index (χ2n) is 5.40. The van der Waals surface area contributed by atoms with Gasteiger partial charge in [0.2, 0.25) is 0 Å². The Morgan fingerprint density at radius 3 is 2.58 bits per heavy atom. The third-order valence-electron chi connectivity index (χ3n) is 3.70. The van der Waals surface area contributed by atoms with E-state index in [-0.39, 0.29) is 22.9 Å². The molecule has 0 aliphatic carbocycles. The maximum atomic E-state index is 12.3. The van der Waals surface area contributed by atoms with Gasteiger partial charge >= 0.3 is 0 Å². The van der Waals surface area contributed by atoms with Crippen molar-refractivity contribution < 1.29 is 13.2 Å². The van der Waals surface area contributed by atoms with Gasteiger partial charge in [-0.05, 0) is 36.6 Å². The third kappa shape index (κ3) is 3.57. The number of hydrogen-bond acceptors (Lipinski definition) is 4.